The summed E-state index contributed by atoms with van der Waals surface area (Å²) in [7, 11) is 1.82. The van der Waals surface area contributed by atoms with E-state index in [4.69, 9.17) is 0 Å². The molecule has 1 aromatic heterocycles. The van der Waals surface area contributed by atoms with Crippen LogP contribution < -0.4 is 10.6 Å². The van der Waals surface area contributed by atoms with Crippen molar-refractivity contribution in [3.05, 3.63) is 36.0 Å². The van der Waals surface area contributed by atoms with Gasteiger partial charge in [0.1, 0.15) is 11.5 Å². The maximum atomic E-state index is 12.4. The highest BCUT2D eigenvalue weighted by atomic mass is 16.1. The Hall–Kier alpha value is -2.10. The summed E-state index contributed by atoms with van der Waals surface area (Å²) in [6.07, 6.45) is 2.99. The van der Waals surface area contributed by atoms with Crippen LogP contribution in [0, 0.1) is 0 Å². The van der Waals surface area contributed by atoms with Crippen molar-refractivity contribution in [1.82, 2.24) is 10.3 Å². The number of amides is 1. The predicted molar refractivity (Wildman–Crippen MR) is 87.7 cm³/mol. The molecule has 0 saturated heterocycles. The summed E-state index contributed by atoms with van der Waals surface area (Å²) in [5.41, 5.74) is 0.465. The van der Waals surface area contributed by atoms with Gasteiger partial charge in [-0.05, 0) is 24.3 Å². The van der Waals surface area contributed by atoms with Gasteiger partial charge >= 0.3 is 0 Å². The normalized spacial score (nSPS) is 12.1. The van der Waals surface area contributed by atoms with Crippen molar-refractivity contribution in [2.75, 3.05) is 12.4 Å². The van der Waals surface area contributed by atoms with Gasteiger partial charge in [0.05, 0.1) is 0 Å². The van der Waals surface area contributed by atoms with Crippen LogP contribution in [0.2, 0.25) is 0 Å². The molecule has 1 unspecified atom stereocenters. The smallest absolute Gasteiger partial charge is 0.270 e. The molecule has 2 aromatic rings. The third-order valence-corrected chi connectivity index (χ3v) is 3.67. The van der Waals surface area contributed by atoms with Crippen molar-refractivity contribution >= 4 is 22.5 Å². The van der Waals surface area contributed by atoms with E-state index in [1.165, 1.54) is 0 Å². The van der Waals surface area contributed by atoms with Crippen molar-refractivity contribution in [1.29, 1.82) is 0 Å². The molecule has 0 fully saturated rings. The van der Waals surface area contributed by atoms with Crippen LogP contribution in [-0.2, 0) is 0 Å². The molecule has 1 amide bonds. The third-order valence-electron chi connectivity index (χ3n) is 3.67. The van der Waals surface area contributed by atoms with E-state index in [0.717, 1.165) is 35.9 Å². The topological polar surface area (TPSA) is 54.0 Å². The SMILES string of the molecule is CCCC(CC)NC(=O)c1cc2ccccc2c(NC)n1. The number of rotatable bonds is 6. The van der Waals surface area contributed by atoms with Gasteiger partial charge in [-0.1, -0.05) is 44.5 Å². The fourth-order valence-electron chi connectivity index (χ4n) is 2.49. The van der Waals surface area contributed by atoms with Crippen molar-refractivity contribution in [2.24, 2.45) is 0 Å². The second-order valence-corrected chi connectivity index (χ2v) is 5.19. The Labute approximate surface area is 126 Å². The van der Waals surface area contributed by atoms with Crippen LogP contribution in [0.25, 0.3) is 10.8 Å². The summed E-state index contributed by atoms with van der Waals surface area (Å²) in [4.78, 5) is 16.8. The van der Waals surface area contributed by atoms with Crippen LogP contribution in [-0.4, -0.2) is 24.0 Å². The lowest BCUT2D eigenvalue weighted by atomic mass is 10.1. The fraction of sp³-hybridized carbons (Fsp3) is 0.412. The minimum Gasteiger partial charge on any atom is -0.373 e. The molecule has 21 heavy (non-hydrogen) atoms. The molecule has 1 atom stereocenters. The quantitative estimate of drug-likeness (QED) is 0.853. The van der Waals surface area contributed by atoms with Gasteiger partial charge in [-0.3, -0.25) is 4.79 Å². The Morgan fingerprint density at radius 2 is 2.05 bits per heavy atom. The molecule has 1 aromatic carbocycles. The molecule has 1 heterocycles. The van der Waals surface area contributed by atoms with Gasteiger partial charge < -0.3 is 10.6 Å². The van der Waals surface area contributed by atoms with E-state index in [0.29, 0.717) is 5.69 Å². The van der Waals surface area contributed by atoms with Gasteiger partial charge in [0, 0.05) is 18.5 Å². The zero-order chi connectivity index (χ0) is 15.2. The summed E-state index contributed by atoms with van der Waals surface area (Å²) >= 11 is 0. The highest BCUT2D eigenvalue weighted by molar-refractivity contribution is 6.00. The molecule has 4 nitrogen and oxygen atoms in total. The monoisotopic (exact) mass is 285 g/mol. The van der Waals surface area contributed by atoms with Crippen LogP contribution in [0.4, 0.5) is 5.82 Å². The van der Waals surface area contributed by atoms with Crippen LogP contribution in [0.5, 0.6) is 0 Å². The number of hydrogen-bond acceptors (Lipinski definition) is 3. The first-order chi connectivity index (χ1) is 10.2. The summed E-state index contributed by atoms with van der Waals surface area (Å²) in [5.74, 6) is 0.638. The van der Waals surface area contributed by atoms with Gasteiger partial charge in [0.2, 0.25) is 0 Å². The summed E-state index contributed by atoms with van der Waals surface area (Å²) in [5, 5.41) is 8.18. The predicted octanol–water partition coefficient (Wildman–Crippen LogP) is 3.59. The number of pyridine rings is 1. The molecular formula is C17H23N3O. The molecule has 0 aliphatic heterocycles. The van der Waals surface area contributed by atoms with E-state index in [2.05, 4.69) is 29.5 Å². The molecule has 2 rings (SSSR count). The van der Waals surface area contributed by atoms with Crippen molar-refractivity contribution in [3.8, 4) is 0 Å². The minimum atomic E-state index is -0.0995. The number of aromatic nitrogens is 1. The Bertz CT molecular complexity index is 624. The Kier molecular flexibility index (Phi) is 5.14. The Balaban J connectivity index is 2.31. The van der Waals surface area contributed by atoms with E-state index in [1.807, 2.05) is 37.4 Å². The number of fused-ring (bicyclic) bond motifs is 1. The zero-order valence-corrected chi connectivity index (χ0v) is 12.9. The summed E-state index contributed by atoms with van der Waals surface area (Å²) in [6, 6.07) is 10.0. The van der Waals surface area contributed by atoms with Crippen molar-refractivity contribution in [3.63, 3.8) is 0 Å². The number of anilines is 1. The molecule has 0 saturated carbocycles. The maximum Gasteiger partial charge on any atom is 0.270 e. The minimum absolute atomic E-state index is 0.0995. The second kappa shape index (κ2) is 7.07. The number of carbonyl (C=O) groups excluding carboxylic acids is 1. The largest absolute Gasteiger partial charge is 0.373 e. The van der Waals surface area contributed by atoms with Gasteiger partial charge in [0.25, 0.3) is 5.91 Å². The van der Waals surface area contributed by atoms with Crippen molar-refractivity contribution in [2.45, 2.75) is 39.2 Å². The van der Waals surface area contributed by atoms with Crippen molar-refractivity contribution < 1.29 is 4.79 Å². The number of carbonyl (C=O) groups is 1. The average Bonchev–Trinajstić information content (AvgIpc) is 2.53. The van der Waals surface area contributed by atoms with E-state index < -0.39 is 0 Å². The highest BCUT2D eigenvalue weighted by Crippen LogP contribution is 2.22. The van der Waals surface area contributed by atoms with E-state index in [-0.39, 0.29) is 11.9 Å². The van der Waals surface area contributed by atoms with Gasteiger partial charge in [-0.25, -0.2) is 4.98 Å². The van der Waals surface area contributed by atoms with Crippen LogP contribution in [0.1, 0.15) is 43.6 Å². The molecule has 0 bridgehead atoms. The number of benzene rings is 1. The molecule has 0 aliphatic carbocycles. The zero-order valence-electron chi connectivity index (χ0n) is 12.9. The lowest BCUT2D eigenvalue weighted by molar-refractivity contribution is 0.0929. The molecule has 2 N–H and O–H groups in total. The molecule has 4 heteroatoms. The second-order valence-electron chi connectivity index (χ2n) is 5.19. The molecule has 112 valence electrons. The van der Waals surface area contributed by atoms with E-state index in [1.54, 1.807) is 0 Å². The first-order valence-corrected chi connectivity index (χ1v) is 7.58. The molecule has 0 radical (unpaired) electrons. The van der Waals surface area contributed by atoms with Crippen LogP contribution >= 0.6 is 0 Å². The summed E-state index contributed by atoms with van der Waals surface area (Å²) in [6.45, 7) is 4.22. The van der Waals surface area contributed by atoms with Crippen LogP contribution in [0.3, 0.4) is 0 Å². The number of nitrogens with one attached hydrogen (secondary N) is 2. The third kappa shape index (κ3) is 3.51. The first kappa shape index (κ1) is 15.3. The lowest BCUT2D eigenvalue weighted by Gasteiger charge is -2.16. The number of hydrogen-bond donors (Lipinski definition) is 2. The fourth-order valence-corrected chi connectivity index (χ4v) is 2.49. The van der Waals surface area contributed by atoms with Gasteiger partial charge in [0.15, 0.2) is 0 Å². The first-order valence-electron chi connectivity index (χ1n) is 7.58. The van der Waals surface area contributed by atoms with E-state index in [9.17, 15) is 4.79 Å². The Morgan fingerprint density at radius 3 is 2.71 bits per heavy atom. The standard InChI is InChI=1S/C17H23N3O/c1-4-8-13(5-2)19-17(21)15-11-12-9-6-7-10-14(12)16(18-3)20-15/h6-7,9-11,13H,4-5,8H2,1-3H3,(H,18,20)(H,19,21). The maximum absolute atomic E-state index is 12.4. The lowest BCUT2D eigenvalue weighted by Crippen LogP contribution is -2.34. The van der Waals surface area contributed by atoms with Gasteiger partial charge in [-0.15, -0.1) is 0 Å². The number of nitrogens with zero attached hydrogens (tertiary/aromatic N) is 1. The van der Waals surface area contributed by atoms with Gasteiger partial charge in [-0.2, -0.15) is 0 Å². The average molecular weight is 285 g/mol. The molecule has 0 aliphatic rings. The Morgan fingerprint density at radius 1 is 1.29 bits per heavy atom. The summed E-state index contributed by atoms with van der Waals surface area (Å²) < 4.78 is 0. The molecule has 0 spiro atoms. The van der Waals surface area contributed by atoms with E-state index >= 15 is 0 Å². The molecular weight excluding hydrogens is 262 g/mol. The van der Waals surface area contributed by atoms with Crippen LogP contribution in [0.15, 0.2) is 30.3 Å². The highest BCUT2D eigenvalue weighted by Gasteiger charge is 2.14.